The molecule has 0 amide bonds. The highest BCUT2D eigenvalue weighted by molar-refractivity contribution is 14.1. The zero-order valence-electron chi connectivity index (χ0n) is 5.84. The van der Waals surface area contributed by atoms with E-state index >= 15 is 0 Å². The van der Waals surface area contributed by atoms with Crippen molar-refractivity contribution in [3.05, 3.63) is 21.8 Å². The summed E-state index contributed by atoms with van der Waals surface area (Å²) < 4.78 is 1.02. The molecule has 0 N–H and O–H groups in total. The average Bonchev–Trinajstić information content (AvgIpc) is 1.88. The van der Waals surface area contributed by atoms with Crippen molar-refractivity contribution in [1.29, 1.82) is 0 Å². The van der Waals surface area contributed by atoms with Crippen molar-refractivity contribution in [2.45, 2.75) is 19.8 Å². The molecule has 54 valence electrons. The van der Waals surface area contributed by atoms with Gasteiger partial charge in [0.1, 0.15) is 10.0 Å². The van der Waals surface area contributed by atoms with Crippen LogP contribution in [0.25, 0.3) is 0 Å². The highest BCUT2D eigenvalue weighted by Gasteiger charge is 1.92. The monoisotopic (exact) mass is 248 g/mol. The Balaban J connectivity index is 2.75. The molecular formula is C7H9IN2. The molecule has 2 nitrogen and oxygen atoms in total. The number of rotatable bonds is 2. The van der Waals surface area contributed by atoms with Crippen LogP contribution in [0.15, 0.2) is 12.4 Å². The second-order valence-corrected chi connectivity index (χ2v) is 3.19. The summed E-state index contributed by atoms with van der Waals surface area (Å²) in [5, 5.41) is 0. The van der Waals surface area contributed by atoms with Crippen molar-refractivity contribution >= 4 is 22.6 Å². The molecule has 0 spiro atoms. The lowest BCUT2D eigenvalue weighted by molar-refractivity contribution is 0.868. The van der Waals surface area contributed by atoms with E-state index in [1.807, 2.05) is 6.07 Å². The standard InChI is InChI=1S/C7H9IN2/c1-2-3-6-4-7(8)10-5-9-6/h4-5H,2-3H2,1H3. The first-order chi connectivity index (χ1) is 4.83. The highest BCUT2D eigenvalue weighted by Crippen LogP contribution is 2.02. The summed E-state index contributed by atoms with van der Waals surface area (Å²) in [5.41, 5.74) is 1.14. The van der Waals surface area contributed by atoms with Crippen LogP contribution in [0.3, 0.4) is 0 Å². The number of aryl methyl sites for hydroxylation is 1. The Morgan fingerprint density at radius 2 is 2.30 bits per heavy atom. The van der Waals surface area contributed by atoms with Crippen molar-refractivity contribution in [3.63, 3.8) is 0 Å². The van der Waals surface area contributed by atoms with Crippen molar-refractivity contribution in [3.8, 4) is 0 Å². The van der Waals surface area contributed by atoms with Gasteiger partial charge in [-0.15, -0.1) is 0 Å². The summed E-state index contributed by atoms with van der Waals surface area (Å²) in [4.78, 5) is 8.11. The van der Waals surface area contributed by atoms with Gasteiger partial charge in [0, 0.05) is 5.69 Å². The molecule has 1 aromatic rings. The van der Waals surface area contributed by atoms with Gasteiger partial charge in [-0.1, -0.05) is 13.3 Å². The molecule has 0 aromatic carbocycles. The van der Waals surface area contributed by atoms with Crippen molar-refractivity contribution in [2.75, 3.05) is 0 Å². The van der Waals surface area contributed by atoms with Crippen molar-refractivity contribution < 1.29 is 0 Å². The fourth-order valence-corrected chi connectivity index (χ4v) is 1.25. The number of aromatic nitrogens is 2. The zero-order valence-corrected chi connectivity index (χ0v) is 8.00. The van der Waals surface area contributed by atoms with Crippen LogP contribution in [-0.4, -0.2) is 9.97 Å². The summed E-state index contributed by atoms with van der Waals surface area (Å²) in [6.45, 7) is 2.15. The predicted octanol–water partition coefficient (Wildman–Crippen LogP) is 2.03. The van der Waals surface area contributed by atoms with Crippen LogP contribution in [0, 0.1) is 3.70 Å². The lowest BCUT2D eigenvalue weighted by Crippen LogP contribution is -1.91. The van der Waals surface area contributed by atoms with E-state index in [-0.39, 0.29) is 0 Å². The molecule has 0 unspecified atom stereocenters. The second-order valence-electron chi connectivity index (χ2n) is 2.08. The average molecular weight is 248 g/mol. The summed E-state index contributed by atoms with van der Waals surface area (Å²) in [7, 11) is 0. The minimum absolute atomic E-state index is 1.02. The van der Waals surface area contributed by atoms with Gasteiger partial charge >= 0.3 is 0 Å². The normalized spacial score (nSPS) is 9.80. The summed E-state index contributed by atoms with van der Waals surface area (Å²) in [6, 6.07) is 2.02. The van der Waals surface area contributed by atoms with Gasteiger partial charge in [0.25, 0.3) is 0 Å². The molecule has 0 radical (unpaired) electrons. The Morgan fingerprint density at radius 3 is 2.90 bits per heavy atom. The molecule has 1 aromatic heterocycles. The van der Waals surface area contributed by atoms with Gasteiger partial charge in [-0.2, -0.15) is 0 Å². The molecule has 1 rings (SSSR count). The van der Waals surface area contributed by atoms with Crippen LogP contribution in [0.4, 0.5) is 0 Å². The van der Waals surface area contributed by atoms with Crippen LogP contribution in [-0.2, 0) is 6.42 Å². The van der Waals surface area contributed by atoms with Gasteiger partial charge in [0.15, 0.2) is 0 Å². The first-order valence-electron chi connectivity index (χ1n) is 3.29. The topological polar surface area (TPSA) is 25.8 Å². The maximum atomic E-state index is 4.11. The Hall–Kier alpha value is -0.190. The third kappa shape index (κ3) is 2.21. The van der Waals surface area contributed by atoms with Crippen LogP contribution in [0.1, 0.15) is 19.0 Å². The zero-order chi connectivity index (χ0) is 7.40. The maximum Gasteiger partial charge on any atom is 0.116 e. The molecule has 3 heteroatoms. The molecule has 0 saturated carbocycles. The first kappa shape index (κ1) is 7.91. The van der Waals surface area contributed by atoms with Gasteiger partial charge in [-0.3, -0.25) is 0 Å². The number of nitrogens with zero attached hydrogens (tertiary/aromatic N) is 2. The van der Waals surface area contributed by atoms with E-state index in [0.717, 1.165) is 22.2 Å². The lowest BCUT2D eigenvalue weighted by atomic mass is 10.2. The smallest absolute Gasteiger partial charge is 0.116 e. The van der Waals surface area contributed by atoms with Crippen molar-refractivity contribution in [1.82, 2.24) is 9.97 Å². The van der Waals surface area contributed by atoms with Crippen molar-refractivity contribution in [2.24, 2.45) is 0 Å². The molecule has 10 heavy (non-hydrogen) atoms. The minimum Gasteiger partial charge on any atom is -0.241 e. The summed E-state index contributed by atoms with van der Waals surface area (Å²) in [5.74, 6) is 0. The molecule has 0 aliphatic carbocycles. The van der Waals surface area contributed by atoms with Gasteiger partial charge in [-0.25, -0.2) is 9.97 Å². The Labute approximate surface area is 74.2 Å². The maximum absolute atomic E-state index is 4.11. The van der Waals surface area contributed by atoms with E-state index < -0.39 is 0 Å². The van der Waals surface area contributed by atoms with Crippen LogP contribution in [0.5, 0.6) is 0 Å². The van der Waals surface area contributed by atoms with E-state index in [1.165, 1.54) is 0 Å². The molecule has 0 aliphatic heterocycles. The van der Waals surface area contributed by atoms with Crippen LogP contribution < -0.4 is 0 Å². The number of hydrogen-bond donors (Lipinski definition) is 0. The lowest BCUT2D eigenvalue weighted by Gasteiger charge is -1.95. The van der Waals surface area contributed by atoms with E-state index in [1.54, 1.807) is 6.33 Å². The van der Waals surface area contributed by atoms with E-state index in [9.17, 15) is 0 Å². The Kier molecular flexibility index (Phi) is 3.05. The van der Waals surface area contributed by atoms with Gasteiger partial charge in [0.2, 0.25) is 0 Å². The molecule has 0 atom stereocenters. The number of halogens is 1. The Morgan fingerprint density at radius 1 is 1.50 bits per heavy atom. The largest absolute Gasteiger partial charge is 0.241 e. The van der Waals surface area contributed by atoms with Crippen LogP contribution >= 0.6 is 22.6 Å². The Bertz CT molecular complexity index is 213. The summed E-state index contributed by atoms with van der Waals surface area (Å²) in [6.07, 6.45) is 3.82. The number of hydrogen-bond acceptors (Lipinski definition) is 2. The molecular weight excluding hydrogens is 239 g/mol. The van der Waals surface area contributed by atoms with Crippen LogP contribution in [0.2, 0.25) is 0 Å². The van der Waals surface area contributed by atoms with E-state index in [0.29, 0.717) is 0 Å². The fourth-order valence-electron chi connectivity index (χ4n) is 0.763. The SMILES string of the molecule is CCCc1cc(I)ncn1. The van der Waals surface area contributed by atoms with Gasteiger partial charge in [0.05, 0.1) is 0 Å². The molecule has 1 heterocycles. The quantitative estimate of drug-likeness (QED) is 0.591. The first-order valence-corrected chi connectivity index (χ1v) is 4.37. The molecule has 0 bridgehead atoms. The molecule has 0 fully saturated rings. The summed E-state index contributed by atoms with van der Waals surface area (Å²) >= 11 is 2.19. The third-order valence-electron chi connectivity index (χ3n) is 1.20. The van der Waals surface area contributed by atoms with E-state index in [2.05, 4.69) is 39.5 Å². The molecule has 0 saturated heterocycles. The predicted molar refractivity (Wildman–Crippen MR) is 48.7 cm³/mol. The van der Waals surface area contributed by atoms with Gasteiger partial charge < -0.3 is 0 Å². The van der Waals surface area contributed by atoms with Gasteiger partial charge in [-0.05, 0) is 35.1 Å². The van der Waals surface area contributed by atoms with E-state index in [4.69, 9.17) is 0 Å². The fraction of sp³-hybridized carbons (Fsp3) is 0.429. The molecule has 0 aliphatic rings. The third-order valence-corrected chi connectivity index (χ3v) is 1.79. The second kappa shape index (κ2) is 3.85. The minimum atomic E-state index is 1.02. The highest BCUT2D eigenvalue weighted by atomic mass is 127.